The Morgan fingerprint density at radius 3 is 2.75 bits per heavy atom. The van der Waals surface area contributed by atoms with Crippen molar-refractivity contribution in [3.63, 3.8) is 0 Å². The van der Waals surface area contributed by atoms with Crippen molar-refractivity contribution in [2.75, 3.05) is 11.9 Å². The van der Waals surface area contributed by atoms with Gasteiger partial charge in [0.05, 0.1) is 16.0 Å². The molecule has 0 spiro atoms. The highest BCUT2D eigenvalue weighted by atomic mass is 79.9. The Balaban J connectivity index is 1.30. The number of hydrogen-bond acceptors (Lipinski definition) is 7. The predicted octanol–water partition coefficient (Wildman–Crippen LogP) is 4.04. The molecule has 0 bridgehead atoms. The van der Waals surface area contributed by atoms with Crippen molar-refractivity contribution < 1.29 is 14.4 Å². The van der Waals surface area contributed by atoms with Gasteiger partial charge in [0.1, 0.15) is 0 Å². The molecule has 3 amide bonds. The number of halogens is 1. The van der Waals surface area contributed by atoms with Crippen molar-refractivity contribution in [2.45, 2.75) is 12.8 Å². The first-order valence-electron chi connectivity index (χ1n) is 8.36. The predicted molar refractivity (Wildman–Crippen MR) is 111 cm³/mol. The second kappa shape index (κ2) is 7.90. The quantitative estimate of drug-likeness (QED) is 0.541. The number of benzene rings is 1. The Bertz CT molecular complexity index is 1060. The lowest BCUT2D eigenvalue weighted by Gasteiger charge is -2.13. The summed E-state index contributed by atoms with van der Waals surface area (Å²) in [6.45, 7) is 0.188. The Hall–Kier alpha value is -2.43. The summed E-state index contributed by atoms with van der Waals surface area (Å²) in [7, 11) is 0. The van der Waals surface area contributed by atoms with Crippen LogP contribution in [-0.2, 0) is 4.79 Å². The van der Waals surface area contributed by atoms with Crippen LogP contribution in [0, 0.1) is 0 Å². The zero-order chi connectivity index (χ0) is 19.7. The molecule has 1 N–H and O–H groups in total. The Labute approximate surface area is 176 Å². The van der Waals surface area contributed by atoms with Gasteiger partial charge in [0, 0.05) is 17.4 Å². The van der Waals surface area contributed by atoms with Gasteiger partial charge in [-0.25, -0.2) is 0 Å². The van der Waals surface area contributed by atoms with Crippen LogP contribution in [0.25, 0.3) is 9.88 Å². The molecule has 0 aliphatic carbocycles. The molecule has 0 unspecified atom stereocenters. The first-order valence-corrected chi connectivity index (χ1v) is 10.8. The smallest absolute Gasteiger partial charge is 0.261 e. The Morgan fingerprint density at radius 1 is 1.14 bits per heavy atom. The molecule has 0 saturated carbocycles. The summed E-state index contributed by atoms with van der Waals surface area (Å²) in [6, 6.07) is 8.87. The summed E-state index contributed by atoms with van der Waals surface area (Å²) in [5, 5.41) is 13.9. The summed E-state index contributed by atoms with van der Waals surface area (Å²) >= 11 is 6.17. The fourth-order valence-corrected chi connectivity index (χ4v) is 4.73. The molecule has 1 aliphatic heterocycles. The minimum absolute atomic E-state index is 0.172. The highest BCUT2D eigenvalue weighted by Crippen LogP contribution is 2.30. The summed E-state index contributed by atoms with van der Waals surface area (Å²) in [5.74, 6) is -0.878. The molecule has 10 heteroatoms. The average Bonchev–Trinajstić information content (AvgIpc) is 3.39. The number of fused-ring (bicyclic) bond motifs is 1. The molecule has 0 saturated heterocycles. The normalized spacial score (nSPS) is 13.1. The third kappa shape index (κ3) is 3.75. The monoisotopic (exact) mass is 476 g/mol. The van der Waals surface area contributed by atoms with Gasteiger partial charge in [0.2, 0.25) is 11.0 Å². The molecule has 0 atom stereocenters. The lowest BCUT2D eigenvalue weighted by Crippen LogP contribution is -2.31. The lowest BCUT2D eigenvalue weighted by atomic mass is 10.1. The lowest BCUT2D eigenvalue weighted by molar-refractivity contribution is -0.116. The van der Waals surface area contributed by atoms with Crippen LogP contribution in [-0.4, -0.2) is 39.4 Å². The Morgan fingerprint density at radius 2 is 1.96 bits per heavy atom. The number of imide groups is 1. The molecule has 1 aromatic carbocycles. The minimum Gasteiger partial charge on any atom is -0.301 e. The second-order valence-corrected chi connectivity index (χ2v) is 8.83. The van der Waals surface area contributed by atoms with E-state index in [9.17, 15) is 14.4 Å². The van der Waals surface area contributed by atoms with Gasteiger partial charge >= 0.3 is 0 Å². The molecule has 1 aliphatic rings. The molecule has 142 valence electrons. The maximum atomic E-state index is 12.4. The summed E-state index contributed by atoms with van der Waals surface area (Å²) in [4.78, 5) is 39.1. The van der Waals surface area contributed by atoms with E-state index in [4.69, 9.17) is 0 Å². The van der Waals surface area contributed by atoms with E-state index >= 15 is 0 Å². The number of rotatable bonds is 6. The van der Waals surface area contributed by atoms with Crippen molar-refractivity contribution in [2.24, 2.45) is 0 Å². The van der Waals surface area contributed by atoms with Crippen LogP contribution in [0.3, 0.4) is 0 Å². The van der Waals surface area contributed by atoms with Crippen LogP contribution in [0.5, 0.6) is 0 Å². The SMILES string of the molecule is O=C(CCCN1C(=O)c2ccc(Br)cc2C1=O)Nc1nnc(-c2cccs2)s1. The highest BCUT2D eigenvalue weighted by molar-refractivity contribution is 9.10. The van der Waals surface area contributed by atoms with Gasteiger partial charge < -0.3 is 5.32 Å². The fourth-order valence-electron chi connectivity index (χ4n) is 2.82. The molecule has 28 heavy (non-hydrogen) atoms. The number of aromatic nitrogens is 2. The molecular formula is C18H13BrN4O3S2. The van der Waals surface area contributed by atoms with Crippen molar-refractivity contribution in [1.82, 2.24) is 15.1 Å². The van der Waals surface area contributed by atoms with E-state index in [0.717, 1.165) is 14.4 Å². The number of amides is 3. The third-order valence-corrected chi connectivity index (χ3v) is 6.49. The highest BCUT2D eigenvalue weighted by Gasteiger charge is 2.35. The first kappa shape index (κ1) is 18.9. The van der Waals surface area contributed by atoms with E-state index in [-0.39, 0.29) is 30.7 Å². The maximum absolute atomic E-state index is 12.4. The standard InChI is InChI=1S/C18H13BrN4O3S2/c19-10-5-6-11-12(9-10)17(26)23(16(11)25)7-1-4-14(24)20-18-22-21-15(28-18)13-3-2-8-27-13/h2-3,5-6,8-9H,1,4,7H2,(H,20,22,24). The van der Waals surface area contributed by atoms with Crippen molar-refractivity contribution in [3.05, 3.63) is 51.3 Å². The van der Waals surface area contributed by atoms with Crippen LogP contribution in [0.2, 0.25) is 0 Å². The number of nitrogens with one attached hydrogen (secondary N) is 1. The molecule has 3 aromatic rings. The number of hydrogen-bond donors (Lipinski definition) is 1. The first-order chi connectivity index (χ1) is 13.5. The van der Waals surface area contributed by atoms with Gasteiger partial charge in [0.25, 0.3) is 11.8 Å². The van der Waals surface area contributed by atoms with E-state index in [1.54, 1.807) is 29.5 Å². The number of carbonyl (C=O) groups excluding carboxylic acids is 3. The number of anilines is 1. The summed E-state index contributed by atoms with van der Waals surface area (Å²) in [6.07, 6.45) is 0.542. The number of thiophene rings is 1. The van der Waals surface area contributed by atoms with Crippen LogP contribution < -0.4 is 5.32 Å². The minimum atomic E-state index is -0.327. The van der Waals surface area contributed by atoms with E-state index in [2.05, 4.69) is 31.4 Å². The van der Waals surface area contributed by atoms with E-state index in [1.807, 2.05) is 17.5 Å². The zero-order valence-corrected chi connectivity index (χ0v) is 17.6. The van der Waals surface area contributed by atoms with Crippen molar-refractivity contribution in [3.8, 4) is 9.88 Å². The van der Waals surface area contributed by atoms with E-state index in [0.29, 0.717) is 22.7 Å². The molecule has 3 heterocycles. The third-order valence-electron chi connectivity index (χ3n) is 4.12. The largest absolute Gasteiger partial charge is 0.301 e. The van der Waals surface area contributed by atoms with Crippen LogP contribution >= 0.6 is 38.6 Å². The van der Waals surface area contributed by atoms with Crippen LogP contribution in [0.1, 0.15) is 33.6 Å². The van der Waals surface area contributed by atoms with E-state index in [1.165, 1.54) is 16.2 Å². The van der Waals surface area contributed by atoms with Crippen molar-refractivity contribution >= 4 is 61.5 Å². The molecular weight excluding hydrogens is 464 g/mol. The molecule has 4 rings (SSSR count). The van der Waals surface area contributed by atoms with E-state index < -0.39 is 0 Å². The maximum Gasteiger partial charge on any atom is 0.261 e. The number of carbonyl (C=O) groups is 3. The summed E-state index contributed by atoms with van der Waals surface area (Å²) < 4.78 is 0.743. The van der Waals surface area contributed by atoms with Gasteiger partial charge in [-0.1, -0.05) is 33.3 Å². The molecule has 7 nitrogen and oxygen atoms in total. The van der Waals surface area contributed by atoms with Gasteiger partial charge in [-0.15, -0.1) is 21.5 Å². The zero-order valence-electron chi connectivity index (χ0n) is 14.3. The summed E-state index contributed by atoms with van der Waals surface area (Å²) in [5.41, 5.74) is 0.784. The Kier molecular flexibility index (Phi) is 5.33. The second-order valence-electron chi connectivity index (χ2n) is 5.99. The van der Waals surface area contributed by atoms with Gasteiger partial charge in [0.15, 0.2) is 5.01 Å². The fraction of sp³-hybridized carbons (Fsp3) is 0.167. The molecule has 0 fully saturated rings. The van der Waals surface area contributed by atoms with Gasteiger partial charge in [-0.2, -0.15) is 0 Å². The van der Waals surface area contributed by atoms with Crippen LogP contribution in [0.4, 0.5) is 5.13 Å². The van der Waals surface area contributed by atoms with Crippen LogP contribution in [0.15, 0.2) is 40.2 Å². The molecule has 2 aromatic heterocycles. The topological polar surface area (TPSA) is 92.3 Å². The number of nitrogens with zero attached hydrogens (tertiary/aromatic N) is 3. The van der Waals surface area contributed by atoms with Crippen molar-refractivity contribution in [1.29, 1.82) is 0 Å². The molecule has 0 radical (unpaired) electrons. The average molecular weight is 477 g/mol. The van der Waals surface area contributed by atoms with Gasteiger partial charge in [-0.3, -0.25) is 19.3 Å². The van der Waals surface area contributed by atoms with Gasteiger partial charge in [-0.05, 0) is 36.1 Å².